The van der Waals surface area contributed by atoms with Crippen LogP contribution in [-0.2, 0) is 20.0 Å². The molecule has 0 fully saturated rings. The van der Waals surface area contributed by atoms with Gasteiger partial charge >= 0.3 is 0 Å². The highest BCUT2D eigenvalue weighted by molar-refractivity contribution is 5.27. The van der Waals surface area contributed by atoms with Crippen molar-refractivity contribution in [2.24, 2.45) is 7.05 Å². The average molecular weight is 273 g/mol. The van der Waals surface area contributed by atoms with Crippen LogP contribution in [0.3, 0.4) is 0 Å². The van der Waals surface area contributed by atoms with E-state index in [4.69, 9.17) is 4.74 Å². The molecule has 0 saturated carbocycles. The second kappa shape index (κ2) is 6.57. The van der Waals surface area contributed by atoms with Crippen LogP contribution in [0.5, 0.6) is 5.75 Å². The molecule has 0 spiro atoms. The van der Waals surface area contributed by atoms with Crippen LogP contribution in [-0.4, -0.2) is 23.4 Å². The van der Waals surface area contributed by atoms with Crippen LogP contribution in [0, 0.1) is 13.8 Å². The van der Waals surface area contributed by atoms with Gasteiger partial charge in [0.25, 0.3) is 0 Å². The number of hydrogen-bond donors (Lipinski definition) is 1. The summed E-state index contributed by atoms with van der Waals surface area (Å²) in [6, 6.07) is 8.23. The van der Waals surface area contributed by atoms with E-state index in [2.05, 4.69) is 36.4 Å². The maximum absolute atomic E-state index is 5.16. The standard InChI is InChI=1S/C16H23N3O/c1-12-16(13(2)19(3)18-12)11-17-10-9-14-5-7-15(20-4)8-6-14/h5-8,17H,9-11H2,1-4H3. The summed E-state index contributed by atoms with van der Waals surface area (Å²) in [4.78, 5) is 0. The average Bonchev–Trinajstić information content (AvgIpc) is 2.70. The van der Waals surface area contributed by atoms with E-state index in [9.17, 15) is 0 Å². The Balaban J connectivity index is 1.81. The molecule has 0 atom stereocenters. The lowest BCUT2D eigenvalue weighted by Crippen LogP contribution is -2.17. The predicted molar refractivity (Wildman–Crippen MR) is 81.1 cm³/mol. The number of aryl methyl sites for hydroxylation is 2. The molecule has 1 aromatic carbocycles. The van der Waals surface area contributed by atoms with Crippen molar-refractivity contribution in [3.63, 3.8) is 0 Å². The Labute approximate surface area is 120 Å². The smallest absolute Gasteiger partial charge is 0.118 e. The third-order valence-electron chi connectivity index (χ3n) is 3.71. The minimum Gasteiger partial charge on any atom is -0.497 e. The van der Waals surface area contributed by atoms with Gasteiger partial charge in [-0.15, -0.1) is 0 Å². The Morgan fingerprint density at radius 2 is 1.90 bits per heavy atom. The predicted octanol–water partition coefficient (Wildman–Crippen LogP) is 2.38. The molecule has 0 unspecified atom stereocenters. The lowest BCUT2D eigenvalue weighted by atomic mass is 10.1. The molecule has 0 saturated heterocycles. The van der Waals surface area contributed by atoms with Gasteiger partial charge in [0.15, 0.2) is 0 Å². The topological polar surface area (TPSA) is 39.1 Å². The van der Waals surface area contributed by atoms with E-state index in [1.54, 1.807) is 7.11 Å². The van der Waals surface area contributed by atoms with Gasteiger partial charge in [-0.25, -0.2) is 0 Å². The summed E-state index contributed by atoms with van der Waals surface area (Å²) in [6.07, 6.45) is 1.02. The highest BCUT2D eigenvalue weighted by Gasteiger charge is 2.08. The molecule has 1 N–H and O–H groups in total. The van der Waals surface area contributed by atoms with Crippen molar-refractivity contribution in [1.82, 2.24) is 15.1 Å². The lowest BCUT2D eigenvalue weighted by molar-refractivity contribution is 0.414. The quantitative estimate of drug-likeness (QED) is 0.821. The molecule has 1 aromatic heterocycles. The molecule has 108 valence electrons. The molecule has 4 heteroatoms. The zero-order valence-corrected chi connectivity index (χ0v) is 12.7. The number of nitrogens with zero attached hydrogens (tertiary/aromatic N) is 2. The number of ether oxygens (including phenoxy) is 1. The van der Waals surface area contributed by atoms with Gasteiger partial charge in [-0.05, 0) is 44.5 Å². The largest absolute Gasteiger partial charge is 0.497 e. The molecule has 0 aliphatic rings. The van der Waals surface area contributed by atoms with Gasteiger partial charge < -0.3 is 10.1 Å². The van der Waals surface area contributed by atoms with E-state index in [1.165, 1.54) is 16.8 Å². The first-order chi connectivity index (χ1) is 9.61. The summed E-state index contributed by atoms with van der Waals surface area (Å²) in [5.74, 6) is 0.906. The normalized spacial score (nSPS) is 10.8. The molecule has 2 aromatic rings. The van der Waals surface area contributed by atoms with Gasteiger partial charge in [0.05, 0.1) is 12.8 Å². The Hall–Kier alpha value is -1.81. The summed E-state index contributed by atoms with van der Waals surface area (Å²) in [5, 5.41) is 7.92. The zero-order chi connectivity index (χ0) is 14.5. The third-order valence-corrected chi connectivity index (χ3v) is 3.71. The summed E-state index contributed by atoms with van der Waals surface area (Å²) in [6.45, 7) is 6.01. The molecule has 20 heavy (non-hydrogen) atoms. The molecular weight excluding hydrogens is 250 g/mol. The van der Waals surface area contributed by atoms with Crippen LogP contribution in [0.15, 0.2) is 24.3 Å². The fourth-order valence-electron chi connectivity index (χ4n) is 2.31. The van der Waals surface area contributed by atoms with E-state index < -0.39 is 0 Å². The number of benzene rings is 1. The second-order valence-electron chi connectivity index (χ2n) is 5.05. The molecule has 0 aliphatic heterocycles. The van der Waals surface area contributed by atoms with E-state index in [0.29, 0.717) is 0 Å². The Bertz CT molecular complexity index is 558. The van der Waals surface area contributed by atoms with E-state index in [-0.39, 0.29) is 0 Å². The monoisotopic (exact) mass is 273 g/mol. The van der Waals surface area contributed by atoms with Crippen LogP contribution in [0.2, 0.25) is 0 Å². The van der Waals surface area contributed by atoms with Gasteiger partial charge in [0.2, 0.25) is 0 Å². The molecule has 2 rings (SSSR count). The third kappa shape index (κ3) is 3.39. The number of methoxy groups -OCH3 is 1. The molecule has 4 nitrogen and oxygen atoms in total. The second-order valence-corrected chi connectivity index (χ2v) is 5.05. The zero-order valence-electron chi connectivity index (χ0n) is 12.7. The number of nitrogens with one attached hydrogen (secondary N) is 1. The van der Waals surface area contributed by atoms with Gasteiger partial charge in [-0.2, -0.15) is 5.10 Å². The number of rotatable bonds is 6. The van der Waals surface area contributed by atoms with Crippen molar-refractivity contribution in [2.75, 3.05) is 13.7 Å². The molecule has 0 aliphatic carbocycles. The van der Waals surface area contributed by atoms with Crippen LogP contribution in [0.25, 0.3) is 0 Å². The van der Waals surface area contributed by atoms with Crippen molar-refractivity contribution >= 4 is 0 Å². The van der Waals surface area contributed by atoms with Gasteiger partial charge in [-0.3, -0.25) is 4.68 Å². The van der Waals surface area contributed by atoms with E-state index in [1.807, 2.05) is 23.9 Å². The summed E-state index contributed by atoms with van der Waals surface area (Å²) in [7, 11) is 3.68. The van der Waals surface area contributed by atoms with Gasteiger partial charge in [0, 0.05) is 24.8 Å². The van der Waals surface area contributed by atoms with Crippen molar-refractivity contribution < 1.29 is 4.74 Å². The van der Waals surface area contributed by atoms with Crippen LogP contribution < -0.4 is 10.1 Å². The van der Waals surface area contributed by atoms with Crippen LogP contribution >= 0.6 is 0 Å². The Morgan fingerprint density at radius 1 is 1.20 bits per heavy atom. The highest BCUT2D eigenvalue weighted by Crippen LogP contribution is 2.12. The van der Waals surface area contributed by atoms with Crippen molar-refractivity contribution in [3.8, 4) is 5.75 Å². The van der Waals surface area contributed by atoms with Crippen molar-refractivity contribution in [1.29, 1.82) is 0 Å². The fraction of sp³-hybridized carbons (Fsp3) is 0.438. The van der Waals surface area contributed by atoms with Crippen molar-refractivity contribution in [2.45, 2.75) is 26.8 Å². The highest BCUT2D eigenvalue weighted by atomic mass is 16.5. The maximum atomic E-state index is 5.16. The first-order valence-corrected chi connectivity index (χ1v) is 6.94. The molecular formula is C16H23N3O. The molecule has 0 bridgehead atoms. The molecule has 0 amide bonds. The Morgan fingerprint density at radius 3 is 2.45 bits per heavy atom. The molecule has 0 radical (unpaired) electrons. The fourth-order valence-corrected chi connectivity index (χ4v) is 2.31. The first-order valence-electron chi connectivity index (χ1n) is 6.94. The minimum absolute atomic E-state index is 0.877. The SMILES string of the molecule is COc1ccc(CCNCc2c(C)nn(C)c2C)cc1. The lowest BCUT2D eigenvalue weighted by Gasteiger charge is -2.06. The van der Waals surface area contributed by atoms with E-state index >= 15 is 0 Å². The Kier molecular flexibility index (Phi) is 4.79. The van der Waals surface area contributed by atoms with Gasteiger partial charge in [-0.1, -0.05) is 12.1 Å². The van der Waals surface area contributed by atoms with Crippen LogP contribution in [0.1, 0.15) is 22.5 Å². The minimum atomic E-state index is 0.877. The summed E-state index contributed by atoms with van der Waals surface area (Å²) < 4.78 is 7.10. The summed E-state index contributed by atoms with van der Waals surface area (Å²) in [5.41, 5.74) is 4.97. The maximum Gasteiger partial charge on any atom is 0.118 e. The number of hydrogen-bond acceptors (Lipinski definition) is 3. The van der Waals surface area contributed by atoms with Crippen LogP contribution in [0.4, 0.5) is 0 Å². The van der Waals surface area contributed by atoms with Gasteiger partial charge in [0.1, 0.15) is 5.75 Å². The number of aromatic nitrogens is 2. The summed E-state index contributed by atoms with van der Waals surface area (Å²) >= 11 is 0. The first kappa shape index (κ1) is 14.6. The molecule has 1 heterocycles. The van der Waals surface area contributed by atoms with Crippen molar-refractivity contribution in [3.05, 3.63) is 46.8 Å². The van der Waals surface area contributed by atoms with E-state index in [0.717, 1.165) is 31.0 Å².